The van der Waals surface area contributed by atoms with Crippen molar-refractivity contribution in [3.05, 3.63) is 0 Å². The summed E-state index contributed by atoms with van der Waals surface area (Å²) in [6.07, 6.45) is 13.1. The van der Waals surface area contributed by atoms with Gasteiger partial charge in [0.25, 0.3) is 0 Å². The van der Waals surface area contributed by atoms with E-state index in [9.17, 15) is 44.9 Å². The maximum absolute atomic E-state index is 12.8. The highest BCUT2D eigenvalue weighted by Crippen LogP contribution is 2.47. The second kappa shape index (κ2) is 27.9. The topological polar surface area (TPSA) is 206 Å². The minimum atomic E-state index is -5.04. The summed E-state index contributed by atoms with van der Waals surface area (Å²) in [4.78, 5) is 23.1. The third-order valence-corrected chi connectivity index (χ3v) is 10.7. The van der Waals surface area contributed by atoms with E-state index in [1.54, 1.807) is 0 Å². The zero-order valence-corrected chi connectivity index (χ0v) is 31.4. The van der Waals surface area contributed by atoms with Crippen molar-refractivity contribution in [2.45, 2.75) is 217 Å². The molecule has 0 aromatic heterocycles. The van der Waals surface area contributed by atoms with Crippen molar-refractivity contribution >= 4 is 13.7 Å². The number of hydrogen-bond acceptors (Lipinski definition) is 10. The zero-order valence-electron chi connectivity index (χ0n) is 30.5. The van der Waals surface area contributed by atoms with E-state index in [2.05, 4.69) is 19.2 Å². The molecule has 1 aliphatic rings. The van der Waals surface area contributed by atoms with Crippen molar-refractivity contribution in [3.8, 4) is 0 Å². The number of rotatable bonds is 31. The Balaban J connectivity index is 2.54. The van der Waals surface area contributed by atoms with Crippen molar-refractivity contribution in [3.63, 3.8) is 0 Å². The number of carbonyl (C=O) groups excluding carboxylic acids is 1. The molecular formula is C36H72NO11P. The Kier molecular flexibility index (Phi) is 26.4. The lowest BCUT2D eigenvalue weighted by Gasteiger charge is -2.41. The first-order valence-corrected chi connectivity index (χ1v) is 21.0. The van der Waals surface area contributed by atoms with Gasteiger partial charge in [-0.05, 0) is 12.8 Å². The third-order valence-electron chi connectivity index (χ3n) is 9.67. The van der Waals surface area contributed by atoms with Crippen molar-refractivity contribution in [1.29, 1.82) is 0 Å². The summed E-state index contributed by atoms with van der Waals surface area (Å²) < 4.78 is 22.8. The second-order valence-corrected chi connectivity index (χ2v) is 15.5. The molecule has 0 aromatic carbocycles. The van der Waals surface area contributed by atoms with Gasteiger partial charge in [0.15, 0.2) is 0 Å². The van der Waals surface area contributed by atoms with Crippen LogP contribution in [0, 0.1) is 0 Å². The summed E-state index contributed by atoms with van der Waals surface area (Å²) in [5, 5.41) is 63.7. The molecule has 0 bridgehead atoms. The summed E-state index contributed by atoms with van der Waals surface area (Å²) in [5.74, 6) is -0.313. The number of nitrogens with one attached hydrogen (secondary N) is 1. The van der Waals surface area contributed by atoms with E-state index < -0.39 is 63.2 Å². The fraction of sp³-hybridized carbons (Fsp3) is 0.972. The predicted molar refractivity (Wildman–Crippen MR) is 191 cm³/mol. The normalized spacial score (nSPS) is 25.2. The van der Waals surface area contributed by atoms with Crippen LogP contribution in [0.4, 0.5) is 0 Å². The standard InChI is InChI=1S/C36H72NO11P/c1-3-5-7-9-11-13-14-15-16-17-18-19-21-23-25-29(38)28(37-30(39)26-24-22-20-12-10-8-6-4-2)27-47-49(45,46)48-36-34(43)32(41)31(40)33(42)35(36)44/h28-29,31-36,38,40-44H,3-27H2,1-2H3,(H,37,39)(H,45,46)/t28-,29+,31?,32+,33?,34?,35?,36?/m0/s1. The fourth-order valence-electron chi connectivity index (χ4n) is 6.38. The van der Waals surface area contributed by atoms with Crippen LogP contribution < -0.4 is 5.32 Å². The Morgan fingerprint density at radius 1 is 0.612 bits per heavy atom. The van der Waals surface area contributed by atoms with Gasteiger partial charge in [-0.25, -0.2) is 4.57 Å². The first-order chi connectivity index (χ1) is 23.4. The van der Waals surface area contributed by atoms with Crippen LogP contribution in [0.3, 0.4) is 0 Å². The van der Waals surface area contributed by atoms with Gasteiger partial charge in [-0.3, -0.25) is 13.8 Å². The summed E-state index contributed by atoms with van der Waals surface area (Å²) >= 11 is 0. The molecule has 1 aliphatic carbocycles. The molecule has 0 spiro atoms. The van der Waals surface area contributed by atoms with Gasteiger partial charge in [-0.15, -0.1) is 0 Å². The minimum absolute atomic E-state index is 0.239. The number of phosphoric acid groups is 1. The number of hydrogen-bond donors (Lipinski definition) is 8. The van der Waals surface area contributed by atoms with E-state index in [0.29, 0.717) is 19.3 Å². The number of unbranched alkanes of at least 4 members (excludes halogenated alkanes) is 20. The molecule has 12 nitrogen and oxygen atoms in total. The summed E-state index contributed by atoms with van der Waals surface area (Å²) in [5.41, 5.74) is 0. The molecule has 0 aromatic rings. The van der Waals surface area contributed by atoms with E-state index in [4.69, 9.17) is 9.05 Å². The van der Waals surface area contributed by atoms with Gasteiger partial charge in [0, 0.05) is 6.42 Å². The Hall–Kier alpha value is -0.660. The molecule has 1 rings (SSSR count). The van der Waals surface area contributed by atoms with E-state index >= 15 is 0 Å². The Labute approximate surface area is 296 Å². The van der Waals surface area contributed by atoms with Crippen molar-refractivity contribution < 1.29 is 53.9 Å². The third kappa shape index (κ3) is 20.8. The van der Waals surface area contributed by atoms with Gasteiger partial charge in [0.05, 0.1) is 18.8 Å². The number of aliphatic hydroxyl groups excluding tert-OH is 6. The lowest BCUT2D eigenvalue weighted by molar-refractivity contribution is -0.220. The average Bonchev–Trinajstić information content (AvgIpc) is 3.08. The van der Waals surface area contributed by atoms with Gasteiger partial charge < -0.3 is 40.8 Å². The van der Waals surface area contributed by atoms with Crippen molar-refractivity contribution in [1.82, 2.24) is 5.32 Å². The maximum Gasteiger partial charge on any atom is 0.472 e. The fourth-order valence-corrected chi connectivity index (χ4v) is 7.34. The number of aliphatic hydroxyl groups is 6. The van der Waals surface area contributed by atoms with Crippen LogP contribution in [0.5, 0.6) is 0 Å². The van der Waals surface area contributed by atoms with Gasteiger partial charge in [-0.1, -0.05) is 149 Å². The molecule has 13 heteroatoms. The highest BCUT2D eigenvalue weighted by molar-refractivity contribution is 7.47. The molecule has 6 unspecified atom stereocenters. The van der Waals surface area contributed by atoms with Crippen LogP contribution in [0.2, 0.25) is 0 Å². The monoisotopic (exact) mass is 725 g/mol. The predicted octanol–water partition coefficient (Wildman–Crippen LogP) is 5.55. The summed E-state index contributed by atoms with van der Waals surface area (Å²) in [7, 11) is -5.04. The van der Waals surface area contributed by atoms with E-state index in [1.807, 2.05) is 0 Å². The molecule has 1 fully saturated rings. The van der Waals surface area contributed by atoms with Gasteiger partial charge >= 0.3 is 7.82 Å². The second-order valence-electron chi connectivity index (χ2n) is 14.1. The molecule has 49 heavy (non-hydrogen) atoms. The van der Waals surface area contributed by atoms with Crippen LogP contribution in [0.1, 0.15) is 168 Å². The Bertz CT molecular complexity index is 853. The highest BCUT2D eigenvalue weighted by Gasteiger charge is 2.51. The van der Waals surface area contributed by atoms with E-state index in [0.717, 1.165) is 38.5 Å². The molecule has 0 saturated heterocycles. The Morgan fingerprint density at radius 3 is 1.41 bits per heavy atom. The van der Waals surface area contributed by atoms with Gasteiger partial charge in [0.1, 0.15) is 36.6 Å². The quantitative estimate of drug-likeness (QED) is 0.0328. The van der Waals surface area contributed by atoms with E-state index in [-0.39, 0.29) is 12.3 Å². The maximum atomic E-state index is 12.8. The van der Waals surface area contributed by atoms with Crippen LogP contribution in [-0.2, 0) is 18.4 Å². The van der Waals surface area contributed by atoms with E-state index in [1.165, 1.54) is 89.9 Å². The molecule has 1 saturated carbocycles. The minimum Gasteiger partial charge on any atom is -0.391 e. The first kappa shape index (κ1) is 46.4. The van der Waals surface area contributed by atoms with Crippen molar-refractivity contribution in [2.75, 3.05) is 6.61 Å². The molecule has 0 heterocycles. The number of phosphoric ester groups is 1. The molecule has 1 amide bonds. The molecule has 0 radical (unpaired) electrons. The SMILES string of the molecule is CCCCCCCCCCCCCCCC[C@@H](O)[C@H](COP(=O)(O)OC1C(O)C(O)C(O)[C@@H](O)C1O)NC(=O)CCCCCCCCCC. The zero-order chi connectivity index (χ0) is 36.5. The molecular weight excluding hydrogens is 653 g/mol. The lowest BCUT2D eigenvalue weighted by atomic mass is 9.85. The van der Waals surface area contributed by atoms with Gasteiger partial charge in [-0.2, -0.15) is 0 Å². The van der Waals surface area contributed by atoms with Crippen LogP contribution in [0.25, 0.3) is 0 Å². The summed E-state index contributed by atoms with van der Waals surface area (Å²) in [6, 6.07) is -1.02. The summed E-state index contributed by atoms with van der Waals surface area (Å²) in [6.45, 7) is 3.82. The van der Waals surface area contributed by atoms with Crippen LogP contribution in [0.15, 0.2) is 0 Å². The first-order valence-electron chi connectivity index (χ1n) is 19.5. The largest absolute Gasteiger partial charge is 0.472 e. The molecule has 8 N–H and O–H groups in total. The van der Waals surface area contributed by atoms with Crippen LogP contribution >= 0.6 is 7.82 Å². The molecule has 0 aliphatic heterocycles. The average molecular weight is 726 g/mol. The highest BCUT2D eigenvalue weighted by atomic mass is 31.2. The molecule has 292 valence electrons. The lowest BCUT2D eigenvalue weighted by Crippen LogP contribution is -2.64. The Morgan fingerprint density at radius 2 is 0.980 bits per heavy atom. The van der Waals surface area contributed by atoms with Crippen molar-refractivity contribution in [2.24, 2.45) is 0 Å². The number of carbonyl (C=O) groups is 1. The number of amides is 1. The van der Waals surface area contributed by atoms with Crippen LogP contribution in [-0.4, -0.2) is 96.8 Å². The smallest absolute Gasteiger partial charge is 0.391 e. The molecule has 9 atom stereocenters. The van der Waals surface area contributed by atoms with Gasteiger partial charge in [0.2, 0.25) is 5.91 Å².